The number of halogens is 3. The zero-order chi connectivity index (χ0) is 18.5. The molecule has 144 valence electrons. The van der Waals surface area contributed by atoms with Gasteiger partial charge in [-0.2, -0.15) is 0 Å². The number of methoxy groups -OCH3 is 1. The molecule has 0 bridgehead atoms. The van der Waals surface area contributed by atoms with E-state index in [-0.39, 0.29) is 27.9 Å². The minimum absolute atomic E-state index is 0. The largest absolute Gasteiger partial charge is 0.493 e. The standard InChI is InChI=1S/C18H15F2NO4S.ClH/c1-24-17-8-11(26(22,23)10-2-3-14(19)15(20)7-10)6-12-13-9-21-5-4-16(13)25-18(12)17;/h2-3,6-8,21H,4-5,9H2,1H3;1H. The van der Waals surface area contributed by atoms with Gasteiger partial charge in [-0.05, 0) is 24.3 Å². The van der Waals surface area contributed by atoms with E-state index in [0.717, 1.165) is 30.0 Å². The van der Waals surface area contributed by atoms with Crippen molar-refractivity contribution in [2.75, 3.05) is 13.7 Å². The molecule has 0 saturated heterocycles. The van der Waals surface area contributed by atoms with Crippen LogP contribution >= 0.6 is 12.4 Å². The van der Waals surface area contributed by atoms with Gasteiger partial charge in [0.05, 0.1) is 16.9 Å². The van der Waals surface area contributed by atoms with Gasteiger partial charge in [0.15, 0.2) is 23.0 Å². The highest BCUT2D eigenvalue weighted by Gasteiger charge is 2.26. The van der Waals surface area contributed by atoms with Crippen molar-refractivity contribution >= 4 is 33.2 Å². The second kappa shape index (κ2) is 7.10. The lowest BCUT2D eigenvalue weighted by Crippen LogP contribution is -2.22. The van der Waals surface area contributed by atoms with E-state index in [1.165, 1.54) is 19.2 Å². The summed E-state index contributed by atoms with van der Waals surface area (Å²) in [5, 5.41) is 3.85. The maximum absolute atomic E-state index is 13.5. The van der Waals surface area contributed by atoms with Gasteiger partial charge in [0.25, 0.3) is 0 Å². The summed E-state index contributed by atoms with van der Waals surface area (Å²) < 4.78 is 63.6. The molecule has 27 heavy (non-hydrogen) atoms. The number of hydrogen-bond acceptors (Lipinski definition) is 5. The number of benzene rings is 2. The predicted octanol–water partition coefficient (Wildman–Crippen LogP) is 3.62. The molecular formula is C18H16ClF2NO4S. The first-order valence-corrected chi connectivity index (χ1v) is 9.43. The number of ether oxygens (including phenoxy) is 1. The molecule has 0 saturated carbocycles. The molecule has 5 nitrogen and oxygen atoms in total. The van der Waals surface area contributed by atoms with Gasteiger partial charge in [0.2, 0.25) is 9.84 Å². The van der Waals surface area contributed by atoms with Crippen molar-refractivity contribution < 1.29 is 26.4 Å². The highest BCUT2D eigenvalue weighted by Crippen LogP contribution is 2.38. The van der Waals surface area contributed by atoms with Crippen LogP contribution in [0.4, 0.5) is 8.78 Å². The van der Waals surface area contributed by atoms with Gasteiger partial charge in [0.1, 0.15) is 5.76 Å². The van der Waals surface area contributed by atoms with E-state index in [9.17, 15) is 17.2 Å². The highest BCUT2D eigenvalue weighted by molar-refractivity contribution is 7.91. The number of hydrogen-bond donors (Lipinski definition) is 1. The second-order valence-corrected chi connectivity index (χ2v) is 7.96. The molecule has 9 heteroatoms. The lowest BCUT2D eigenvalue weighted by atomic mass is 10.1. The maximum atomic E-state index is 13.5. The molecule has 0 fully saturated rings. The lowest BCUT2D eigenvalue weighted by molar-refractivity contribution is 0.404. The number of sulfone groups is 1. The lowest BCUT2D eigenvalue weighted by Gasteiger charge is -2.11. The molecule has 0 amide bonds. The van der Waals surface area contributed by atoms with Crippen LogP contribution in [-0.2, 0) is 22.8 Å². The average molecular weight is 416 g/mol. The van der Waals surface area contributed by atoms with Gasteiger partial charge in [-0.3, -0.25) is 0 Å². The van der Waals surface area contributed by atoms with E-state index in [0.29, 0.717) is 30.0 Å². The number of nitrogens with one attached hydrogen (secondary N) is 1. The summed E-state index contributed by atoms with van der Waals surface area (Å²) in [6.45, 7) is 1.33. The summed E-state index contributed by atoms with van der Waals surface area (Å²) in [6.07, 6.45) is 0.693. The topological polar surface area (TPSA) is 68.5 Å². The predicted molar refractivity (Wildman–Crippen MR) is 97.2 cm³/mol. The highest BCUT2D eigenvalue weighted by atomic mass is 35.5. The van der Waals surface area contributed by atoms with Crippen molar-refractivity contribution in [1.82, 2.24) is 5.32 Å². The average Bonchev–Trinajstić information content (AvgIpc) is 3.01. The van der Waals surface area contributed by atoms with Crippen LogP contribution in [-0.4, -0.2) is 22.1 Å². The van der Waals surface area contributed by atoms with E-state index >= 15 is 0 Å². The Bertz CT molecular complexity index is 1130. The molecule has 0 unspecified atom stereocenters. The maximum Gasteiger partial charge on any atom is 0.206 e. The van der Waals surface area contributed by atoms with Gasteiger partial charge in [0, 0.05) is 36.5 Å². The Morgan fingerprint density at radius 1 is 1.11 bits per heavy atom. The minimum Gasteiger partial charge on any atom is -0.493 e. The van der Waals surface area contributed by atoms with Gasteiger partial charge in [-0.25, -0.2) is 17.2 Å². The molecule has 1 N–H and O–H groups in total. The Morgan fingerprint density at radius 3 is 2.59 bits per heavy atom. The first kappa shape index (κ1) is 19.6. The number of rotatable bonds is 3. The second-order valence-electron chi connectivity index (χ2n) is 6.01. The fraction of sp³-hybridized carbons (Fsp3) is 0.222. The van der Waals surface area contributed by atoms with Crippen LogP contribution in [0, 0.1) is 11.6 Å². The van der Waals surface area contributed by atoms with Crippen molar-refractivity contribution in [2.45, 2.75) is 22.8 Å². The SMILES string of the molecule is COc1cc(S(=O)(=O)c2ccc(F)c(F)c2)cc2c3c(oc12)CCNC3.Cl. The smallest absolute Gasteiger partial charge is 0.206 e. The Kier molecular flexibility index (Phi) is 5.16. The fourth-order valence-electron chi connectivity index (χ4n) is 3.14. The summed E-state index contributed by atoms with van der Waals surface area (Å²) in [7, 11) is -2.64. The van der Waals surface area contributed by atoms with E-state index in [2.05, 4.69) is 5.32 Å². The van der Waals surface area contributed by atoms with Crippen LogP contribution in [0.3, 0.4) is 0 Å². The van der Waals surface area contributed by atoms with Crippen molar-refractivity contribution in [3.8, 4) is 5.75 Å². The quantitative estimate of drug-likeness (QED) is 0.662. The van der Waals surface area contributed by atoms with Crippen molar-refractivity contribution in [2.24, 2.45) is 0 Å². The summed E-state index contributed by atoms with van der Waals surface area (Å²) >= 11 is 0. The Labute approximate surface area is 160 Å². The van der Waals surface area contributed by atoms with Crippen LogP contribution in [0.1, 0.15) is 11.3 Å². The molecule has 3 aromatic rings. The molecule has 0 aliphatic carbocycles. The van der Waals surface area contributed by atoms with Crippen LogP contribution in [0.15, 0.2) is 44.5 Å². The monoisotopic (exact) mass is 415 g/mol. The van der Waals surface area contributed by atoms with Gasteiger partial charge in [-0.15, -0.1) is 12.4 Å². The van der Waals surface area contributed by atoms with E-state index in [1.807, 2.05) is 0 Å². The van der Waals surface area contributed by atoms with Gasteiger partial charge < -0.3 is 14.5 Å². The first-order valence-electron chi connectivity index (χ1n) is 7.95. The van der Waals surface area contributed by atoms with Crippen LogP contribution in [0.5, 0.6) is 5.75 Å². The molecular weight excluding hydrogens is 400 g/mol. The molecule has 4 rings (SSSR count). The number of fused-ring (bicyclic) bond motifs is 3. The zero-order valence-electron chi connectivity index (χ0n) is 14.2. The van der Waals surface area contributed by atoms with E-state index in [4.69, 9.17) is 9.15 Å². The minimum atomic E-state index is -4.06. The Balaban J connectivity index is 0.00000210. The number of furan rings is 1. The van der Waals surface area contributed by atoms with E-state index in [1.54, 1.807) is 0 Å². The van der Waals surface area contributed by atoms with Crippen LogP contribution in [0.2, 0.25) is 0 Å². The molecule has 0 radical (unpaired) electrons. The Hall–Kier alpha value is -2.16. The van der Waals surface area contributed by atoms with Crippen LogP contribution in [0.25, 0.3) is 11.0 Å². The summed E-state index contributed by atoms with van der Waals surface area (Å²) in [6, 6.07) is 5.33. The first-order chi connectivity index (χ1) is 12.4. The third-order valence-corrected chi connectivity index (χ3v) is 6.21. The third-order valence-electron chi connectivity index (χ3n) is 4.48. The molecule has 1 aliphatic heterocycles. The van der Waals surface area contributed by atoms with Crippen molar-refractivity contribution in [1.29, 1.82) is 0 Å². The zero-order valence-corrected chi connectivity index (χ0v) is 15.8. The summed E-state index contributed by atoms with van der Waals surface area (Å²) in [5.74, 6) is -1.26. The summed E-state index contributed by atoms with van der Waals surface area (Å²) in [4.78, 5) is -0.393. The van der Waals surface area contributed by atoms with Crippen molar-refractivity contribution in [3.63, 3.8) is 0 Å². The van der Waals surface area contributed by atoms with Crippen molar-refractivity contribution in [3.05, 3.63) is 53.3 Å². The normalized spacial score (nSPS) is 13.9. The Morgan fingerprint density at radius 2 is 1.89 bits per heavy atom. The fourth-order valence-corrected chi connectivity index (χ4v) is 4.45. The van der Waals surface area contributed by atoms with Gasteiger partial charge >= 0.3 is 0 Å². The molecule has 0 spiro atoms. The molecule has 0 atom stereocenters. The molecule has 1 aromatic heterocycles. The third kappa shape index (κ3) is 3.18. The molecule has 2 heterocycles. The van der Waals surface area contributed by atoms with Gasteiger partial charge in [-0.1, -0.05) is 0 Å². The van der Waals surface area contributed by atoms with E-state index < -0.39 is 21.5 Å². The summed E-state index contributed by atoms with van der Waals surface area (Å²) in [5.41, 5.74) is 1.36. The molecule has 1 aliphatic rings. The molecule has 2 aromatic carbocycles. The van der Waals surface area contributed by atoms with Crippen LogP contribution < -0.4 is 10.1 Å².